The molecule has 0 spiro atoms. The summed E-state index contributed by atoms with van der Waals surface area (Å²) in [7, 11) is 0. The van der Waals surface area contributed by atoms with E-state index in [1.807, 2.05) is 0 Å². The first-order valence-corrected chi connectivity index (χ1v) is 9.75. The van der Waals surface area contributed by atoms with Crippen LogP contribution in [0.4, 0.5) is 17.6 Å². The van der Waals surface area contributed by atoms with Crippen molar-refractivity contribution in [1.29, 1.82) is 0 Å². The Labute approximate surface area is 166 Å². The van der Waals surface area contributed by atoms with Crippen LogP contribution in [0.2, 0.25) is 0 Å². The lowest BCUT2D eigenvalue weighted by Gasteiger charge is -2.52. The van der Waals surface area contributed by atoms with Gasteiger partial charge in [0, 0.05) is 16.5 Å². The molecule has 156 valence electrons. The van der Waals surface area contributed by atoms with Crippen molar-refractivity contribution in [2.75, 3.05) is 19.8 Å². The highest BCUT2D eigenvalue weighted by atomic mass is 19.2. The summed E-state index contributed by atoms with van der Waals surface area (Å²) >= 11 is 0. The van der Waals surface area contributed by atoms with Crippen molar-refractivity contribution in [3.8, 4) is 11.1 Å². The number of rotatable bonds is 6. The summed E-state index contributed by atoms with van der Waals surface area (Å²) < 4.78 is 72.5. The summed E-state index contributed by atoms with van der Waals surface area (Å²) in [4.78, 5) is 0. The lowest BCUT2D eigenvalue weighted by Crippen LogP contribution is -2.58. The predicted molar refractivity (Wildman–Crippen MR) is 97.8 cm³/mol. The van der Waals surface area contributed by atoms with Crippen LogP contribution in [-0.4, -0.2) is 19.8 Å². The van der Waals surface area contributed by atoms with Gasteiger partial charge in [-0.3, -0.25) is 0 Å². The van der Waals surface area contributed by atoms with Crippen LogP contribution in [-0.2, 0) is 20.2 Å². The summed E-state index contributed by atoms with van der Waals surface area (Å²) in [6.07, 6.45) is 4.25. The van der Waals surface area contributed by atoms with Gasteiger partial charge in [-0.2, -0.15) is 0 Å². The van der Waals surface area contributed by atoms with E-state index in [2.05, 4.69) is 6.92 Å². The maximum Gasteiger partial charge on any atom is 0.312 e. The highest BCUT2D eigenvalue weighted by Gasteiger charge is 2.53. The van der Waals surface area contributed by atoms with E-state index in [4.69, 9.17) is 14.2 Å². The van der Waals surface area contributed by atoms with E-state index >= 15 is 0 Å². The molecular formula is C22H22F4O3. The molecule has 0 aromatic heterocycles. The van der Waals surface area contributed by atoms with Crippen molar-refractivity contribution in [3.63, 3.8) is 0 Å². The van der Waals surface area contributed by atoms with Crippen molar-refractivity contribution >= 4 is 0 Å². The SMILES string of the molecule is CCCCCC12COC(c3ccc(-c4cc(F)c(F)c(F)c4)c(F)c3)(OC1)OC2. The Morgan fingerprint density at radius 3 is 2.00 bits per heavy atom. The molecule has 3 aliphatic heterocycles. The second kappa shape index (κ2) is 7.70. The first kappa shape index (κ1) is 20.3. The van der Waals surface area contributed by atoms with Crippen molar-refractivity contribution in [1.82, 2.24) is 0 Å². The van der Waals surface area contributed by atoms with Crippen LogP contribution >= 0.6 is 0 Å². The van der Waals surface area contributed by atoms with Crippen molar-refractivity contribution in [2.24, 2.45) is 5.41 Å². The normalized spacial score (nSPS) is 26.1. The second-order valence-corrected chi connectivity index (χ2v) is 7.83. The van der Waals surface area contributed by atoms with Gasteiger partial charge in [0.15, 0.2) is 17.5 Å². The Kier molecular flexibility index (Phi) is 5.40. The average Bonchev–Trinajstić information content (AvgIpc) is 2.73. The quantitative estimate of drug-likeness (QED) is 0.349. The van der Waals surface area contributed by atoms with Gasteiger partial charge in [0.05, 0.1) is 19.8 Å². The van der Waals surface area contributed by atoms with E-state index in [1.165, 1.54) is 12.1 Å². The molecule has 0 unspecified atom stereocenters. The summed E-state index contributed by atoms with van der Waals surface area (Å²) in [6, 6.07) is 5.53. The van der Waals surface area contributed by atoms with E-state index < -0.39 is 29.2 Å². The Morgan fingerprint density at radius 1 is 0.828 bits per heavy atom. The molecule has 0 saturated carbocycles. The van der Waals surface area contributed by atoms with Gasteiger partial charge >= 0.3 is 5.97 Å². The lowest BCUT2D eigenvalue weighted by molar-refractivity contribution is -0.480. The molecule has 3 aliphatic rings. The molecule has 0 aliphatic carbocycles. The number of hydrogen-bond acceptors (Lipinski definition) is 3. The zero-order valence-corrected chi connectivity index (χ0v) is 16.1. The molecule has 2 bridgehead atoms. The Morgan fingerprint density at radius 2 is 1.45 bits per heavy atom. The van der Waals surface area contributed by atoms with E-state index in [0.29, 0.717) is 25.4 Å². The zero-order chi connectivity index (χ0) is 20.6. The number of benzene rings is 2. The van der Waals surface area contributed by atoms with Crippen molar-refractivity contribution in [2.45, 2.75) is 38.6 Å². The fourth-order valence-electron chi connectivity index (χ4n) is 3.86. The highest BCUT2D eigenvalue weighted by molar-refractivity contribution is 5.65. The van der Waals surface area contributed by atoms with Crippen LogP contribution in [0.1, 0.15) is 38.2 Å². The molecule has 3 fully saturated rings. The van der Waals surface area contributed by atoms with Gasteiger partial charge in [-0.15, -0.1) is 0 Å². The van der Waals surface area contributed by atoms with Gasteiger partial charge in [0.2, 0.25) is 0 Å². The molecule has 0 atom stereocenters. The maximum atomic E-state index is 14.7. The van der Waals surface area contributed by atoms with Crippen LogP contribution < -0.4 is 0 Å². The fraction of sp³-hybridized carbons (Fsp3) is 0.455. The third-order valence-electron chi connectivity index (χ3n) is 5.63. The second-order valence-electron chi connectivity index (χ2n) is 7.83. The minimum atomic E-state index is -1.59. The molecule has 29 heavy (non-hydrogen) atoms. The third kappa shape index (κ3) is 3.67. The summed E-state index contributed by atoms with van der Waals surface area (Å²) in [5, 5.41) is 0. The van der Waals surface area contributed by atoms with Crippen molar-refractivity contribution in [3.05, 3.63) is 59.2 Å². The third-order valence-corrected chi connectivity index (χ3v) is 5.63. The Balaban J connectivity index is 1.55. The molecule has 3 heterocycles. The van der Waals surface area contributed by atoms with Crippen LogP contribution in [0.5, 0.6) is 0 Å². The van der Waals surface area contributed by atoms with Crippen LogP contribution in [0, 0.1) is 28.7 Å². The summed E-state index contributed by atoms with van der Waals surface area (Å²) in [5.74, 6) is -6.58. The van der Waals surface area contributed by atoms with E-state index in [9.17, 15) is 17.6 Å². The standard InChI is InChI=1S/C22H22F4O3/c1-2-3-4-7-21-11-27-22(28-12-21,29-13-21)15-5-6-16(17(23)10-15)14-8-18(24)20(26)19(25)9-14/h5-6,8-10H,2-4,7,11-13H2,1H3. The zero-order valence-electron chi connectivity index (χ0n) is 16.1. The van der Waals surface area contributed by atoms with Gasteiger partial charge in [0.25, 0.3) is 0 Å². The minimum absolute atomic E-state index is 0.0662. The molecule has 7 heteroatoms. The number of hydrogen-bond donors (Lipinski definition) is 0. The predicted octanol–water partition coefficient (Wildman–Crippen LogP) is 5.66. The van der Waals surface area contributed by atoms with Gasteiger partial charge in [-0.05, 0) is 30.2 Å². The fourth-order valence-corrected chi connectivity index (χ4v) is 3.86. The molecule has 3 nitrogen and oxygen atoms in total. The van der Waals surface area contributed by atoms with Gasteiger partial charge in [0.1, 0.15) is 5.82 Å². The number of ether oxygens (including phenoxy) is 3. The highest BCUT2D eigenvalue weighted by Crippen LogP contribution is 2.47. The molecule has 0 N–H and O–H groups in total. The molecule has 2 aromatic carbocycles. The molecule has 2 aromatic rings. The largest absolute Gasteiger partial charge is 0.323 e. The first-order chi connectivity index (χ1) is 13.9. The molecular weight excluding hydrogens is 388 g/mol. The molecule has 5 rings (SSSR count). The van der Waals surface area contributed by atoms with E-state index in [0.717, 1.165) is 43.9 Å². The smallest absolute Gasteiger partial charge is 0.312 e. The summed E-state index contributed by atoms with van der Waals surface area (Å²) in [6.45, 7) is 3.50. The van der Waals surface area contributed by atoms with Gasteiger partial charge in [-0.25, -0.2) is 17.6 Å². The van der Waals surface area contributed by atoms with Crippen LogP contribution in [0.15, 0.2) is 30.3 Å². The van der Waals surface area contributed by atoms with Crippen molar-refractivity contribution < 1.29 is 31.8 Å². The monoisotopic (exact) mass is 410 g/mol. The van der Waals surface area contributed by atoms with E-state index in [-0.39, 0.29) is 16.5 Å². The topological polar surface area (TPSA) is 27.7 Å². The Bertz CT molecular complexity index is 867. The molecule has 3 saturated heterocycles. The average molecular weight is 410 g/mol. The van der Waals surface area contributed by atoms with Gasteiger partial charge in [-0.1, -0.05) is 38.3 Å². The molecule has 0 amide bonds. The van der Waals surface area contributed by atoms with Gasteiger partial charge < -0.3 is 14.2 Å². The minimum Gasteiger partial charge on any atom is -0.323 e. The van der Waals surface area contributed by atoms with Crippen LogP contribution in [0.25, 0.3) is 11.1 Å². The maximum absolute atomic E-state index is 14.7. The number of halogens is 4. The molecule has 0 radical (unpaired) electrons. The lowest BCUT2D eigenvalue weighted by atomic mass is 9.82. The number of unbranched alkanes of at least 4 members (excludes halogenated alkanes) is 2. The number of fused-ring (bicyclic) bond motifs is 3. The summed E-state index contributed by atoms with van der Waals surface area (Å²) in [5.41, 5.74) is -0.0291. The van der Waals surface area contributed by atoms with E-state index in [1.54, 1.807) is 0 Å². The van der Waals surface area contributed by atoms with Crippen LogP contribution in [0.3, 0.4) is 0 Å². The first-order valence-electron chi connectivity index (χ1n) is 9.75. The Hall–Kier alpha value is -1.96.